The molecule has 0 spiro atoms. The maximum atomic E-state index is 10.1. The van der Waals surface area contributed by atoms with Gasteiger partial charge in [0.15, 0.2) is 0 Å². The first-order valence-corrected chi connectivity index (χ1v) is 3.41. The van der Waals surface area contributed by atoms with E-state index < -0.39 is 5.97 Å². The van der Waals surface area contributed by atoms with Gasteiger partial charge in [-0.05, 0) is 20.8 Å². The molecular formula is C7H13NO3. The molecule has 11 heavy (non-hydrogen) atoms. The minimum Gasteiger partial charge on any atom is -0.481 e. The summed E-state index contributed by atoms with van der Waals surface area (Å²) in [7, 11) is 0. The highest BCUT2D eigenvalue weighted by atomic mass is 16.6. The van der Waals surface area contributed by atoms with E-state index in [1.165, 1.54) is 0 Å². The Morgan fingerprint density at radius 3 is 2.55 bits per heavy atom. The minimum absolute atomic E-state index is 0.0171. The van der Waals surface area contributed by atoms with Crippen LogP contribution in [0, 0.1) is 0 Å². The second-order valence-corrected chi connectivity index (χ2v) is 2.55. The van der Waals surface area contributed by atoms with E-state index in [0.717, 1.165) is 5.71 Å². The second-order valence-electron chi connectivity index (χ2n) is 2.55. The van der Waals surface area contributed by atoms with Crippen LogP contribution in [-0.4, -0.2) is 22.9 Å². The molecule has 1 N–H and O–H groups in total. The molecule has 0 fully saturated rings. The molecule has 0 aromatic heterocycles. The summed E-state index contributed by atoms with van der Waals surface area (Å²) in [5.74, 6) is -0.874. The van der Waals surface area contributed by atoms with E-state index in [-0.39, 0.29) is 12.5 Å². The third-order valence-electron chi connectivity index (χ3n) is 0.877. The molecule has 0 radical (unpaired) electrons. The van der Waals surface area contributed by atoms with E-state index in [0.29, 0.717) is 0 Å². The van der Waals surface area contributed by atoms with Gasteiger partial charge in [-0.2, -0.15) is 0 Å². The Morgan fingerprint density at radius 1 is 1.64 bits per heavy atom. The van der Waals surface area contributed by atoms with Gasteiger partial charge >= 0.3 is 5.97 Å². The van der Waals surface area contributed by atoms with Gasteiger partial charge in [-0.1, -0.05) is 5.16 Å². The lowest BCUT2D eigenvalue weighted by Crippen LogP contribution is -2.11. The average Bonchev–Trinajstić information content (AvgIpc) is 1.82. The van der Waals surface area contributed by atoms with E-state index in [1.54, 1.807) is 20.8 Å². The highest BCUT2D eigenvalue weighted by Crippen LogP contribution is 1.97. The Balaban J connectivity index is 3.61. The minimum atomic E-state index is -0.874. The Bertz CT molecular complexity index is 161. The summed E-state index contributed by atoms with van der Waals surface area (Å²) in [5, 5.41) is 12.0. The molecule has 4 heteroatoms. The lowest BCUT2D eigenvalue weighted by atomic mass is 10.3. The third kappa shape index (κ3) is 6.83. The van der Waals surface area contributed by atoms with Crippen LogP contribution >= 0.6 is 0 Å². The first-order valence-electron chi connectivity index (χ1n) is 3.41. The zero-order valence-electron chi connectivity index (χ0n) is 7.00. The van der Waals surface area contributed by atoms with Crippen molar-refractivity contribution in [3.05, 3.63) is 0 Å². The summed E-state index contributed by atoms with van der Waals surface area (Å²) in [6.45, 7) is 5.24. The van der Waals surface area contributed by atoms with Gasteiger partial charge in [0.25, 0.3) is 0 Å². The number of carboxylic acids is 1. The SMILES string of the molecule is CC(C)=NO[C@H](C)CC(=O)O. The second kappa shape index (κ2) is 4.71. The normalized spacial score (nSPS) is 11.9. The van der Waals surface area contributed by atoms with Crippen LogP contribution in [-0.2, 0) is 9.63 Å². The first-order chi connectivity index (χ1) is 5.02. The fraction of sp³-hybridized carbons (Fsp3) is 0.714. The first kappa shape index (κ1) is 9.94. The predicted octanol–water partition coefficient (Wildman–Crippen LogP) is 1.26. The number of carboxylic acid groups (broad SMARTS) is 1. The molecule has 4 nitrogen and oxygen atoms in total. The third-order valence-corrected chi connectivity index (χ3v) is 0.877. The highest BCUT2D eigenvalue weighted by Gasteiger charge is 2.07. The van der Waals surface area contributed by atoms with Crippen molar-refractivity contribution in [1.29, 1.82) is 0 Å². The summed E-state index contributed by atoms with van der Waals surface area (Å²) >= 11 is 0. The van der Waals surface area contributed by atoms with Gasteiger partial charge in [0.2, 0.25) is 0 Å². The van der Waals surface area contributed by atoms with E-state index >= 15 is 0 Å². The van der Waals surface area contributed by atoms with Crippen LogP contribution in [0.1, 0.15) is 27.2 Å². The average molecular weight is 159 g/mol. The van der Waals surface area contributed by atoms with Crippen LogP contribution in [0.4, 0.5) is 0 Å². The number of aliphatic carboxylic acids is 1. The van der Waals surface area contributed by atoms with Crippen molar-refractivity contribution in [2.45, 2.75) is 33.3 Å². The number of rotatable bonds is 4. The maximum absolute atomic E-state index is 10.1. The summed E-state index contributed by atoms with van der Waals surface area (Å²) in [4.78, 5) is 14.9. The van der Waals surface area contributed by atoms with Crippen LogP contribution in [0.2, 0.25) is 0 Å². The Hall–Kier alpha value is -1.06. The van der Waals surface area contributed by atoms with Crippen LogP contribution in [0.5, 0.6) is 0 Å². The van der Waals surface area contributed by atoms with E-state index in [1.807, 2.05) is 0 Å². The number of oxime groups is 1. The predicted molar refractivity (Wildman–Crippen MR) is 41.6 cm³/mol. The van der Waals surface area contributed by atoms with Crippen molar-refractivity contribution in [1.82, 2.24) is 0 Å². The van der Waals surface area contributed by atoms with Crippen molar-refractivity contribution < 1.29 is 14.7 Å². The van der Waals surface area contributed by atoms with Crippen molar-refractivity contribution in [3.63, 3.8) is 0 Å². The van der Waals surface area contributed by atoms with Crippen molar-refractivity contribution in [3.8, 4) is 0 Å². The molecule has 0 aliphatic rings. The molecule has 0 aromatic carbocycles. The molecule has 0 heterocycles. The maximum Gasteiger partial charge on any atom is 0.307 e. The van der Waals surface area contributed by atoms with Gasteiger partial charge in [0.05, 0.1) is 12.1 Å². The van der Waals surface area contributed by atoms with Crippen LogP contribution < -0.4 is 0 Å². The molecule has 0 amide bonds. The van der Waals surface area contributed by atoms with Crippen molar-refractivity contribution in [2.24, 2.45) is 5.16 Å². The molecule has 0 aromatic rings. The Morgan fingerprint density at radius 2 is 2.18 bits per heavy atom. The summed E-state index contributed by atoms with van der Waals surface area (Å²) < 4.78 is 0. The topological polar surface area (TPSA) is 58.9 Å². The van der Waals surface area contributed by atoms with E-state index in [9.17, 15) is 4.79 Å². The summed E-state index contributed by atoms with van der Waals surface area (Å²) in [5.41, 5.74) is 0.780. The van der Waals surface area contributed by atoms with Gasteiger partial charge in [0.1, 0.15) is 6.10 Å². The molecule has 0 rings (SSSR count). The Labute approximate surface area is 65.8 Å². The molecule has 0 bridgehead atoms. The standard InChI is InChI=1S/C7H13NO3/c1-5(2)8-11-6(3)4-7(9)10/h6H,4H2,1-3H3,(H,9,10)/t6-/m1/s1. The largest absolute Gasteiger partial charge is 0.481 e. The number of hydrogen-bond donors (Lipinski definition) is 1. The molecule has 0 unspecified atom stereocenters. The molecule has 1 atom stereocenters. The zero-order valence-corrected chi connectivity index (χ0v) is 7.00. The van der Waals surface area contributed by atoms with Gasteiger partial charge < -0.3 is 9.94 Å². The number of nitrogens with zero attached hydrogens (tertiary/aromatic N) is 1. The molecule has 0 aliphatic carbocycles. The fourth-order valence-electron chi connectivity index (χ4n) is 0.479. The van der Waals surface area contributed by atoms with Crippen molar-refractivity contribution in [2.75, 3.05) is 0 Å². The lowest BCUT2D eigenvalue weighted by Gasteiger charge is -2.05. The van der Waals surface area contributed by atoms with E-state index in [2.05, 4.69) is 5.16 Å². The Kier molecular flexibility index (Phi) is 4.26. The smallest absolute Gasteiger partial charge is 0.307 e. The highest BCUT2D eigenvalue weighted by molar-refractivity contribution is 5.78. The van der Waals surface area contributed by atoms with Gasteiger partial charge in [-0.25, -0.2) is 0 Å². The summed E-state index contributed by atoms with van der Waals surface area (Å²) in [6.07, 6.45) is -0.376. The van der Waals surface area contributed by atoms with Crippen LogP contribution in [0.3, 0.4) is 0 Å². The summed E-state index contributed by atoms with van der Waals surface area (Å²) in [6, 6.07) is 0. The molecular weight excluding hydrogens is 146 g/mol. The zero-order chi connectivity index (χ0) is 8.85. The number of carbonyl (C=O) groups is 1. The van der Waals surface area contributed by atoms with Crippen LogP contribution in [0.15, 0.2) is 5.16 Å². The lowest BCUT2D eigenvalue weighted by molar-refractivity contribution is -0.139. The van der Waals surface area contributed by atoms with E-state index in [4.69, 9.17) is 9.94 Å². The molecule has 0 aliphatic heterocycles. The quantitative estimate of drug-likeness (QED) is 0.496. The van der Waals surface area contributed by atoms with Gasteiger partial charge in [-0.15, -0.1) is 0 Å². The number of hydrogen-bond acceptors (Lipinski definition) is 3. The molecule has 0 saturated heterocycles. The molecule has 64 valence electrons. The van der Waals surface area contributed by atoms with Crippen LogP contribution in [0.25, 0.3) is 0 Å². The molecule has 0 saturated carbocycles. The van der Waals surface area contributed by atoms with Gasteiger partial charge in [0, 0.05) is 0 Å². The van der Waals surface area contributed by atoms with Gasteiger partial charge in [-0.3, -0.25) is 4.79 Å². The van der Waals surface area contributed by atoms with Crippen molar-refractivity contribution >= 4 is 11.7 Å². The fourth-order valence-corrected chi connectivity index (χ4v) is 0.479. The monoisotopic (exact) mass is 159 g/mol.